The molecule has 0 fully saturated rings. The van der Waals surface area contributed by atoms with Gasteiger partial charge >= 0.3 is 0 Å². The van der Waals surface area contributed by atoms with Crippen LogP contribution in [0.3, 0.4) is 0 Å². The van der Waals surface area contributed by atoms with Gasteiger partial charge in [-0.1, -0.05) is 12.1 Å². The van der Waals surface area contributed by atoms with E-state index in [2.05, 4.69) is 30.9 Å². The molecule has 1 aliphatic heterocycles. The molecular formula is C21H15FN6O3. The molecule has 0 spiro atoms. The first-order chi connectivity index (χ1) is 15.1. The molecule has 0 radical (unpaired) electrons. The molecule has 4 aromatic rings. The fourth-order valence-corrected chi connectivity index (χ4v) is 3.04. The van der Waals surface area contributed by atoms with E-state index < -0.39 is 5.82 Å². The molecule has 5 rings (SSSR count). The Bertz CT molecular complexity index is 1260. The highest BCUT2D eigenvalue weighted by atomic mass is 19.1. The fraction of sp³-hybridized carbons (Fsp3) is 0.0476. The third-order valence-electron chi connectivity index (χ3n) is 4.46. The van der Waals surface area contributed by atoms with Crippen LogP contribution in [0.1, 0.15) is 0 Å². The van der Waals surface area contributed by atoms with Gasteiger partial charge in [-0.15, -0.1) is 0 Å². The van der Waals surface area contributed by atoms with Crippen molar-refractivity contribution in [3.8, 4) is 17.1 Å². The summed E-state index contributed by atoms with van der Waals surface area (Å²) < 4.78 is 25.0. The summed E-state index contributed by atoms with van der Waals surface area (Å²) >= 11 is 0. The molecule has 2 aromatic carbocycles. The topological polar surface area (TPSA) is 114 Å². The largest absolute Gasteiger partial charge is 0.482 e. The number of benzene rings is 2. The van der Waals surface area contributed by atoms with Crippen molar-refractivity contribution >= 4 is 34.7 Å². The number of amides is 1. The SMILES string of the molecule is O=C1COc2cc(Nc3nc(Nc4cccc(-c5cnco5)c4)ncc3F)ccc2N1. The van der Waals surface area contributed by atoms with Crippen molar-refractivity contribution in [2.75, 3.05) is 22.6 Å². The van der Waals surface area contributed by atoms with Crippen molar-refractivity contribution < 1.29 is 18.3 Å². The van der Waals surface area contributed by atoms with Crippen LogP contribution >= 0.6 is 0 Å². The fourth-order valence-electron chi connectivity index (χ4n) is 3.04. The van der Waals surface area contributed by atoms with E-state index in [1.54, 1.807) is 24.4 Å². The number of ether oxygens (including phenoxy) is 1. The molecule has 10 heteroatoms. The number of hydrogen-bond acceptors (Lipinski definition) is 8. The van der Waals surface area contributed by atoms with Gasteiger partial charge in [0.2, 0.25) is 5.95 Å². The molecule has 0 saturated heterocycles. The van der Waals surface area contributed by atoms with Crippen LogP contribution in [0.15, 0.2) is 65.7 Å². The molecule has 2 aromatic heterocycles. The van der Waals surface area contributed by atoms with Crippen molar-refractivity contribution in [3.63, 3.8) is 0 Å². The summed E-state index contributed by atoms with van der Waals surface area (Å²) in [6, 6.07) is 12.4. The summed E-state index contributed by atoms with van der Waals surface area (Å²) in [4.78, 5) is 23.5. The van der Waals surface area contributed by atoms with Crippen LogP contribution in [0.5, 0.6) is 5.75 Å². The lowest BCUT2D eigenvalue weighted by atomic mass is 10.1. The number of halogens is 1. The second-order valence-corrected chi connectivity index (χ2v) is 6.63. The molecule has 3 heterocycles. The third-order valence-corrected chi connectivity index (χ3v) is 4.46. The maximum absolute atomic E-state index is 14.3. The van der Waals surface area contributed by atoms with Crippen molar-refractivity contribution in [2.24, 2.45) is 0 Å². The van der Waals surface area contributed by atoms with Crippen LogP contribution in [0.4, 0.5) is 33.2 Å². The monoisotopic (exact) mass is 418 g/mol. The van der Waals surface area contributed by atoms with E-state index in [1.807, 2.05) is 24.3 Å². The molecule has 0 unspecified atom stereocenters. The zero-order chi connectivity index (χ0) is 21.2. The molecule has 3 N–H and O–H groups in total. The summed E-state index contributed by atoms with van der Waals surface area (Å²) in [6.07, 6.45) is 4.05. The summed E-state index contributed by atoms with van der Waals surface area (Å²) in [6.45, 7) is -0.0699. The Kier molecular flexibility index (Phi) is 4.64. The van der Waals surface area contributed by atoms with Gasteiger partial charge in [0, 0.05) is 23.0 Å². The number of nitrogens with one attached hydrogen (secondary N) is 3. The molecule has 1 aliphatic rings. The number of rotatable bonds is 5. The lowest BCUT2D eigenvalue weighted by molar-refractivity contribution is -0.118. The summed E-state index contributed by atoms with van der Waals surface area (Å²) in [5.41, 5.74) is 2.62. The van der Waals surface area contributed by atoms with Gasteiger partial charge in [0.05, 0.1) is 18.1 Å². The molecule has 1 amide bonds. The Balaban J connectivity index is 1.36. The molecular weight excluding hydrogens is 403 g/mol. The van der Waals surface area contributed by atoms with E-state index in [9.17, 15) is 9.18 Å². The molecule has 0 aliphatic carbocycles. The van der Waals surface area contributed by atoms with Gasteiger partial charge < -0.3 is 25.1 Å². The van der Waals surface area contributed by atoms with Crippen LogP contribution in [0.25, 0.3) is 11.3 Å². The van der Waals surface area contributed by atoms with Crippen molar-refractivity contribution in [3.05, 3.63) is 67.1 Å². The van der Waals surface area contributed by atoms with Gasteiger partial charge in [-0.2, -0.15) is 4.98 Å². The molecule has 154 valence electrons. The van der Waals surface area contributed by atoms with Crippen LogP contribution in [-0.4, -0.2) is 27.5 Å². The maximum Gasteiger partial charge on any atom is 0.262 e. The first kappa shape index (κ1) is 18.6. The smallest absolute Gasteiger partial charge is 0.262 e. The van der Waals surface area contributed by atoms with Gasteiger partial charge in [-0.05, 0) is 24.3 Å². The zero-order valence-corrected chi connectivity index (χ0v) is 15.9. The van der Waals surface area contributed by atoms with E-state index in [4.69, 9.17) is 9.15 Å². The average Bonchev–Trinajstić information content (AvgIpc) is 3.31. The average molecular weight is 418 g/mol. The minimum atomic E-state index is -0.618. The van der Waals surface area contributed by atoms with E-state index in [0.717, 1.165) is 11.8 Å². The van der Waals surface area contributed by atoms with E-state index in [-0.39, 0.29) is 24.3 Å². The van der Waals surface area contributed by atoms with Crippen LogP contribution in [-0.2, 0) is 4.79 Å². The Morgan fingerprint density at radius 3 is 2.84 bits per heavy atom. The first-order valence-corrected chi connectivity index (χ1v) is 9.26. The highest BCUT2D eigenvalue weighted by molar-refractivity contribution is 5.95. The Morgan fingerprint density at radius 1 is 1.06 bits per heavy atom. The number of fused-ring (bicyclic) bond motifs is 1. The zero-order valence-electron chi connectivity index (χ0n) is 15.9. The lowest BCUT2D eigenvalue weighted by Crippen LogP contribution is -2.25. The van der Waals surface area contributed by atoms with Gasteiger partial charge in [0.15, 0.2) is 30.4 Å². The Hall–Kier alpha value is -4.47. The van der Waals surface area contributed by atoms with E-state index in [0.29, 0.717) is 28.6 Å². The van der Waals surface area contributed by atoms with Crippen molar-refractivity contribution in [1.29, 1.82) is 0 Å². The second kappa shape index (κ2) is 7.75. The number of oxazole rings is 1. The normalized spacial score (nSPS) is 12.5. The summed E-state index contributed by atoms with van der Waals surface area (Å²) in [7, 11) is 0. The Labute approximate surface area is 175 Å². The molecule has 0 atom stereocenters. The molecule has 0 saturated carbocycles. The van der Waals surface area contributed by atoms with Gasteiger partial charge in [-0.25, -0.2) is 14.4 Å². The number of carbonyl (C=O) groups excluding carboxylic acids is 1. The van der Waals surface area contributed by atoms with Gasteiger partial charge in [0.1, 0.15) is 5.75 Å². The minimum Gasteiger partial charge on any atom is -0.482 e. The number of carbonyl (C=O) groups is 1. The molecule has 0 bridgehead atoms. The maximum atomic E-state index is 14.3. The minimum absolute atomic E-state index is 0.0105. The quantitative estimate of drug-likeness (QED) is 0.444. The Morgan fingerprint density at radius 2 is 1.97 bits per heavy atom. The van der Waals surface area contributed by atoms with Crippen molar-refractivity contribution in [2.45, 2.75) is 0 Å². The highest BCUT2D eigenvalue weighted by Gasteiger charge is 2.17. The second-order valence-electron chi connectivity index (χ2n) is 6.63. The van der Waals surface area contributed by atoms with E-state index >= 15 is 0 Å². The highest BCUT2D eigenvalue weighted by Crippen LogP contribution is 2.32. The number of aromatic nitrogens is 3. The van der Waals surface area contributed by atoms with Crippen molar-refractivity contribution in [1.82, 2.24) is 15.0 Å². The third kappa shape index (κ3) is 3.99. The van der Waals surface area contributed by atoms with Crippen LogP contribution in [0.2, 0.25) is 0 Å². The van der Waals surface area contributed by atoms with Gasteiger partial charge in [0.25, 0.3) is 5.91 Å². The predicted octanol–water partition coefficient (Wildman–Crippen LogP) is 4.09. The number of nitrogens with zero attached hydrogens (tertiary/aromatic N) is 3. The predicted molar refractivity (Wildman–Crippen MR) is 111 cm³/mol. The van der Waals surface area contributed by atoms with Crippen LogP contribution in [0, 0.1) is 5.82 Å². The molecule has 9 nitrogen and oxygen atoms in total. The summed E-state index contributed by atoms with van der Waals surface area (Å²) in [5.74, 6) is 0.466. The summed E-state index contributed by atoms with van der Waals surface area (Å²) in [5, 5.41) is 8.66. The van der Waals surface area contributed by atoms with Crippen LogP contribution < -0.4 is 20.7 Å². The number of anilines is 5. The lowest BCUT2D eigenvalue weighted by Gasteiger charge is -2.19. The standard InChI is InChI=1S/C21H15FN6O3/c22-15-8-24-21(26-13-3-1-2-12(6-13)18-9-23-11-31-18)28-20(15)25-14-4-5-16-17(7-14)30-10-19(29)27-16/h1-9,11H,10H2,(H,27,29)(H2,24,25,26,28). The number of hydrogen-bond donors (Lipinski definition) is 3. The van der Waals surface area contributed by atoms with E-state index in [1.165, 1.54) is 6.39 Å². The molecule has 31 heavy (non-hydrogen) atoms. The van der Waals surface area contributed by atoms with Gasteiger partial charge in [-0.3, -0.25) is 4.79 Å². The first-order valence-electron chi connectivity index (χ1n) is 9.26.